The molecule has 202 valence electrons. The van der Waals surface area contributed by atoms with Gasteiger partial charge in [-0.25, -0.2) is 9.69 Å². The van der Waals surface area contributed by atoms with E-state index in [1.165, 1.54) is 6.08 Å². The Morgan fingerprint density at radius 3 is 2.49 bits per heavy atom. The summed E-state index contributed by atoms with van der Waals surface area (Å²) in [5, 5.41) is 5.98. The van der Waals surface area contributed by atoms with Gasteiger partial charge in [-0.2, -0.15) is 0 Å². The number of hydrogen-bond acceptors (Lipinski definition) is 5. The largest absolute Gasteiger partial charge is 0.490 e. The monoisotopic (exact) mass is 611 g/mol. The molecule has 4 amide bonds. The summed E-state index contributed by atoms with van der Waals surface area (Å²) in [6, 6.07) is 17.5. The molecule has 1 aliphatic heterocycles. The molecule has 0 atom stereocenters. The Kier molecular flexibility index (Phi) is 9.27. The molecule has 0 aliphatic carbocycles. The van der Waals surface area contributed by atoms with Crippen molar-refractivity contribution >= 4 is 57.1 Å². The van der Waals surface area contributed by atoms with Crippen LogP contribution in [-0.4, -0.2) is 35.9 Å². The van der Waals surface area contributed by atoms with Crippen molar-refractivity contribution in [2.45, 2.75) is 26.9 Å². The number of rotatable bonds is 10. The van der Waals surface area contributed by atoms with E-state index in [9.17, 15) is 14.4 Å². The third-order valence-corrected chi connectivity index (χ3v) is 6.85. The van der Waals surface area contributed by atoms with E-state index in [0.29, 0.717) is 45.5 Å². The predicted molar refractivity (Wildman–Crippen MR) is 154 cm³/mol. The molecular formula is C29H27BrClN3O5. The Morgan fingerprint density at radius 1 is 1.05 bits per heavy atom. The highest BCUT2D eigenvalue weighted by Gasteiger charge is 2.35. The Hall–Kier alpha value is -3.82. The third-order valence-electron chi connectivity index (χ3n) is 5.91. The number of amides is 4. The molecule has 4 rings (SSSR count). The Balaban J connectivity index is 1.49. The van der Waals surface area contributed by atoms with Gasteiger partial charge in [-0.15, -0.1) is 0 Å². The number of nitrogens with zero attached hydrogens (tertiary/aromatic N) is 1. The number of para-hydroxylation sites is 1. The molecule has 0 bridgehead atoms. The molecule has 39 heavy (non-hydrogen) atoms. The van der Waals surface area contributed by atoms with Crippen molar-refractivity contribution in [1.82, 2.24) is 10.2 Å². The van der Waals surface area contributed by atoms with Crippen molar-refractivity contribution in [1.29, 1.82) is 0 Å². The first-order valence-electron chi connectivity index (χ1n) is 12.3. The lowest BCUT2D eigenvalue weighted by atomic mass is 10.1. The molecule has 2 N–H and O–H groups in total. The van der Waals surface area contributed by atoms with E-state index in [2.05, 4.69) is 26.6 Å². The first-order chi connectivity index (χ1) is 18.8. The fourth-order valence-corrected chi connectivity index (χ4v) is 4.50. The van der Waals surface area contributed by atoms with Gasteiger partial charge in [-0.05, 0) is 66.4 Å². The van der Waals surface area contributed by atoms with E-state index in [0.717, 1.165) is 22.4 Å². The number of nitrogens with one attached hydrogen (secondary N) is 2. The van der Waals surface area contributed by atoms with E-state index < -0.39 is 24.4 Å². The van der Waals surface area contributed by atoms with Crippen LogP contribution < -0.4 is 20.1 Å². The van der Waals surface area contributed by atoms with Gasteiger partial charge in [0.05, 0.1) is 6.61 Å². The number of anilines is 1. The predicted octanol–water partition coefficient (Wildman–Crippen LogP) is 6.17. The Bertz CT molecular complexity index is 1420. The van der Waals surface area contributed by atoms with Gasteiger partial charge in [0.25, 0.3) is 5.91 Å². The van der Waals surface area contributed by atoms with E-state index in [1.807, 2.05) is 44.2 Å². The molecule has 0 radical (unpaired) electrons. The minimum absolute atomic E-state index is 0.0414. The molecule has 1 heterocycles. The summed E-state index contributed by atoms with van der Waals surface area (Å²) in [5.74, 6) is -0.0909. The third kappa shape index (κ3) is 6.99. The lowest BCUT2D eigenvalue weighted by Gasteiger charge is -2.14. The van der Waals surface area contributed by atoms with Gasteiger partial charge >= 0.3 is 6.03 Å². The second kappa shape index (κ2) is 12.8. The van der Waals surface area contributed by atoms with Crippen LogP contribution in [0.5, 0.6) is 11.5 Å². The van der Waals surface area contributed by atoms with Gasteiger partial charge in [0.2, 0.25) is 5.91 Å². The standard InChI is InChI=1S/C29H27BrClN3O5/c1-3-19-7-5-6-8-23(19)32-27(35)16-34-28(36)24(33-29(34)37)13-20-14-25(38-4-2)26(15-22(20)30)39-17-18-9-11-21(31)12-10-18/h5-15H,3-4,16-17H2,1-2H3,(H,32,35)(H,33,37)/b24-13+. The first-order valence-corrected chi connectivity index (χ1v) is 13.5. The molecule has 1 aliphatic rings. The SMILES string of the molecule is CCOc1cc(/C=C2/NC(=O)N(CC(=O)Nc3ccccc3CC)C2=O)c(Br)cc1OCc1ccc(Cl)cc1. The van der Waals surface area contributed by atoms with Gasteiger partial charge in [0.15, 0.2) is 11.5 Å². The summed E-state index contributed by atoms with van der Waals surface area (Å²) in [7, 11) is 0. The molecule has 0 aromatic heterocycles. The van der Waals surface area contributed by atoms with E-state index >= 15 is 0 Å². The molecule has 1 fully saturated rings. The number of benzene rings is 3. The topological polar surface area (TPSA) is 97.0 Å². The summed E-state index contributed by atoms with van der Waals surface area (Å²) in [6.45, 7) is 4.12. The van der Waals surface area contributed by atoms with Crippen LogP contribution in [0.25, 0.3) is 6.08 Å². The first kappa shape index (κ1) is 28.2. The number of carbonyl (C=O) groups is 3. The summed E-state index contributed by atoms with van der Waals surface area (Å²) < 4.78 is 12.4. The number of hydrogen-bond donors (Lipinski definition) is 2. The van der Waals surface area contributed by atoms with Crippen molar-refractivity contribution in [2.24, 2.45) is 0 Å². The summed E-state index contributed by atoms with van der Waals surface area (Å²) in [4.78, 5) is 39.1. The van der Waals surface area contributed by atoms with Crippen LogP contribution in [0.2, 0.25) is 5.02 Å². The summed E-state index contributed by atoms with van der Waals surface area (Å²) >= 11 is 9.47. The fraction of sp³-hybridized carbons (Fsp3) is 0.207. The average Bonchev–Trinajstić information content (AvgIpc) is 3.18. The maximum atomic E-state index is 13.0. The Labute approximate surface area is 240 Å². The number of imide groups is 1. The summed E-state index contributed by atoms with van der Waals surface area (Å²) in [6.07, 6.45) is 2.26. The van der Waals surface area contributed by atoms with E-state index in [-0.39, 0.29) is 5.70 Å². The molecule has 0 saturated carbocycles. The maximum Gasteiger partial charge on any atom is 0.329 e. The average molecular weight is 613 g/mol. The molecule has 0 unspecified atom stereocenters. The van der Waals surface area contributed by atoms with Gasteiger partial charge in [-0.1, -0.05) is 64.8 Å². The highest BCUT2D eigenvalue weighted by atomic mass is 79.9. The zero-order valence-corrected chi connectivity index (χ0v) is 23.8. The van der Waals surface area contributed by atoms with Crippen molar-refractivity contribution in [3.8, 4) is 11.5 Å². The highest BCUT2D eigenvalue weighted by Crippen LogP contribution is 2.36. The smallest absolute Gasteiger partial charge is 0.329 e. The van der Waals surface area contributed by atoms with Crippen LogP contribution in [0.1, 0.15) is 30.5 Å². The fourth-order valence-electron chi connectivity index (χ4n) is 3.94. The van der Waals surface area contributed by atoms with Gasteiger partial charge in [0, 0.05) is 15.2 Å². The van der Waals surface area contributed by atoms with Crippen molar-refractivity contribution in [3.05, 3.63) is 92.5 Å². The quantitative estimate of drug-likeness (QED) is 0.211. The van der Waals surface area contributed by atoms with Crippen molar-refractivity contribution in [3.63, 3.8) is 0 Å². The maximum absolute atomic E-state index is 13.0. The number of halogens is 2. The summed E-state index contributed by atoms with van der Waals surface area (Å²) in [5.41, 5.74) is 3.17. The highest BCUT2D eigenvalue weighted by molar-refractivity contribution is 9.10. The Morgan fingerprint density at radius 2 is 1.77 bits per heavy atom. The lowest BCUT2D eigenvalue weighted by molar-refractivity contribution is -0.127. The number of urea groups is 1. The molecule has 10 heteroatoms. The normalized spacial score (nSPS) is 13.9. The molecule has 3 aromatic carbocycles. The number of aryl methyl sites for hydroxylation is 1. The van der Waals surface area contributed by atoms with Crippen LogP contribution in [0.4, 0.5) is 10.5 Å². The van der Waals surface area contributed by atoms with Gasteiger partial charge in [-0.3, -0.25) is 9.59 Å². The van der Waals surface area contributed by atoms with Crippen molar-refractivity contribution in [2.75, 3.05) is 18.5 Å². The minimum atomic E-state index is -0.672. The van der Waals surface area contributed by atoms with Crippen LogP contribution in [-0.2, 0) is 22.6 Å². The van der Waals surface area contributed by atoms with E-state index in [4.69, 9.17) is 21.1 Å². The van der Waals surface area contributed by atoms with Crippen LogP contribution >= 0.6 is 27.5 Å². The minimum Gasteiger partial charge on any atom is -0.490 e. The molecule has 8 nitrogen and oxygen atoms in total. The molecule has 0 spiro atoms. The second-order valence-electron chi connectivity index (χ2n) is 8.61. The van der Waals surface area contributed by atoms with E-state index in [1.54, 1.807) is 30.3 Å². The molecule has 1 saturated heterocycles. The van der Waals surface area contributed by atoms with Crippen LogP contribution in [0.3, 0.4) is 0 Å². The van der Waals surface area contributed by atoms with Crippen LogP contribution in [0.15, 0.2) is 70.8 Å². The molecule has 3 aromatic rings. The zero-order valence-electron chi connectivity index (χ0n) is 21.4. The van der Waals surface area contributed by atoms with Crippen molar-refractivity contribution < 1.29 is 23.9 Å². The number of ether oxygens (including phenoxy) is 2. The second-order valence-corrected chi connectivity index (χ2v) is 9.90. The van der Waals surface area contributed by atoms with Gasteiger partial charge in [0.1, 0.15) is 18.8 Å². The number of carbonyl (C=O) groups excluding carboxylic acids is 3. The molecular weight excluding hydrogens is 586 g/mol. The van der Waals surface area contributed by atoms with Gasteiger partial charge < -0.3 is 20.1 Å². The lowest BCUT2D eigenvalue weighted by Crippen LogP contribution is -2.38. The van der Waals surface area contributed by atoms with Crippen LogP contribution in [0, 0.1) is 0 Å². The zero-order chi connectivity index (χ0) is 27.9.